The summed E-state index contributed by atoms with van der Waals surface area (Å²) in [4.78, 5) is 23.3. The molecule has 1 aromatic heterocycles. The fourth-order valence-electron chi connectivity index (χ4n) is 3.04. The van der Waals surface area contributed by atoms with Crippen molar-refractivity contribution < 1.29 is 24.0 Å². The highest BCUT2D eigenvalue weighted by Crippen LogP contribution is 2.38. The second kappa shape index (κ2) is 5.92. The van der Waals surface area contributed by atoms with E-state index in [1.165, 1.54) is 16.8 Å². The van der Waals surface area contributed by atoms with Gasteiger partial charge in [0.05, 0.1) is 33.5 Å². The van der Waals surface area contributed by atoms with Crippen LogP contribution in [0.5, 0.6) is 0 Å². The zero-order chi connectivity index (χ0) is 18.4. The van der Waals surface area contributed by atoms with Crippen molar-refractivity contribution in [2.75, 3.05) is 0 Å². The summed E-state index contributed by atoms with van der Waals surface area (Å²) in [6, 6.07) is 13.1. The number of carbonyl (C=O) groups is 2. The van der Waals surface area contributed by atoms with E-state index in [9.17, 15) is 18.9 Å². The predicted octanol–water partition coefficient (Wildman–Crippen LogP) is 2.56. The van der Waals surface area contributed by atoms with E-state index < -0.39 is 22.7 Å². The molecule has 1 aliphatic rings. The minimum atomic E-state index is -1.35. The molecular weight excluding hydrogens is 356 g/mol. The molecule has 0 saturated carbocycles. The van der Waals surface area contributed by atoms with Gasteiger partial charge in [-0.3, -0.25) is 4.21 Å². The van der Waals surface area contributed by atoms with Crippen LogP contribution in [0.1, 0.15) is 26.4 Å². The van der Waals surface area contributed by atoms with Gasteiger partial charge in [0.25, 0.3) is 0 Å². The molecule has 1 aliphatic heterocycles. The molecule has 130 valence electrons. The Morgan fingerprint density at radius 2 is 1.69 bits per heavy atom. The van der Waals surface area contributed by atoms with Gasteiger partial charge in [-0.1, -0.05) is 18.2 Å². The lowest BCUT2D eigenvalue weighted by molar-refractivity contribution is 0.0681. The lowest BCUT2D eigenvalue weighted by Gasteiger charge is -2.18. The first kappa shape index (κ1) is 16.2. The molecule has 1 atom stereocenters. The molecule has 0 fully saturated rings. The first-order valence-electron chi connectivity index (χ1n) is 7.64. The van der Waals surface area contributed by atoms with Crippen molar-refractivity contribution >= 4 is 22.7 Å². The lowest BCUT2D eigenvalue weighted by atomic mass is 10.1. The molecule has 2 N–H and O–H groups in total. The third-order valence-corrected chi connectivity index (χ3v) is 5.61. The Labute approximate surface area is 150 Å². The van der Waals surface area contributed by atoms with Gasteiger partial charge in [0.1, 0.15) is 0 Å². The molecule has 26 heavy (non-hydrogen) atoms. The Morgan fingerprint density at radius 1 is 1.00 bits per heavy atom. The second-order valence-electron chi connectivity index (χ2n) is 5.73. The third-order valence-electron chi connectivity index (χ3n) is 4.21. The Kier molecular flexibility index (Phi) is 3.69. The van der Waals surface area contributed by atoms with Crippen LogP contribution in [0.15, 0.2) is 53.4 Å². The maximum Gasteiger partial charge on any atom is 0.356 e. The highest BCUT2D eigenvalue weighted by molar-refractivity contribution is 7.84. The molecule has 0 aliphatic carbocycles. The molecule has 1 unspecified atom stereocenters. The maximum absolute atomic E-state index is 12.5. The van der Waals surface area contributed by atoms with E-state index in [1.54, 1.807) is 36.4 Å². The molecular formula is C18H12N2O5S. The zero-order valence-electron chi connectivity index (χ0n) is 13.2. The minimum absolute atomic E-state index is 0.0706. The van der Waals surface area contributed by atoms with Crippen molar-refractivity contribution in [3.63, 3.8) is 0 Å². The first-order valence-corrected chi connectivity index (χ1v) is 8.96. The molecule has 2 aromatic carbocycles. The number of carboxylic acid groups (broad SMARTS) is 2. The van der Waals surface area contributed by atoms with Gasteiger partial charge < -0.3 is 10.2 Å². The highest BCUT2D eigenvalue weighted by Gasteiger charge is 2.31. The molecule has 7 nitrogen and oxygen atoms in total. The SMILES string of the molecule is O=C(O)c1ccc(-n2nc(C(=O)O)c3c2-c2ccccc2S(=O)C3)cc1. The number of hydrogen-bond donors (Lipinski definition) is 2. The van der Waals surface area contributed by atoms with Crippen LogP contribution in [0.3, 0.4) is 0 Å². The van der Waals surface area contributed by atoms with Crippen LogP contribution >= 0.6 is 0 Å². The van der Waals surface area contributed by atoms with E-state index in [1.807, 2.05) is 0 Å². The van der Waals surface area contributed by atoms with E-state index in [0.717, 1.165) is 0 Å². The van der Waals surface area contributed by atoms with Crippen molar-refractivity contribution in [2.45, 2.75) is 10.6 Å². The molecule has 0 spiro atoms. The number of hydrogen-bond acceptors (Lipinski definition) is 4. The van der Waals surface area contributed by atoms with Crippen LogP contribution in [0, 0.1) is 0 Å². The molecule has 2 heterocycles. The lowest BCUT2D eigenvalue weighted by Crippen LogP contribution is -2.10. The Bertz CT molecular complexity index is 1090. The van der Waals surface area contributed by atoms with E-state index in [-0.39, 0.29) is 17.0 Å². The van der Waals surface area contributed by atoms with Gasteiger partial charge in [0.15, 0.2) is 5.69 Å². The Morgan fingerprint density at radius 3 is 2.35 bits per heavy atom. The van der Waals surface area contributed by atoms with Crippen LogP contribution in [-0.4, -0.2) is 36.1 Å². The predicted molar refractivity (Wildman–Crippen MR) is 93.0 cm³/mol. The summed E-state index contributed by atoms with van der Waals surface area (Å²) >= 11 is 0. The Balaban J connectivity index is 1.98. The highest BCUT2D eigenvalue weighted by atomic mass is 32.2. The minimum Gasteiger partial charge on any atom is -0.478 e. The fourth-order valence-corrected chi connectivity index (χ4v) is 4.37. The second-order valence-corrected chi connectivity index (χ2v) is 7.15. The largest absolute Gasteiger partial charge is 0.478 e. The monoisotopic (exact) mass is 368 g/mol. The molecule has 4 rings (SSSR count). The van der Waals surface area contributed by atoms with E-state index >= 15 is 0 Å². The smallest absolute Gasteiger partial charge is 0.356 e. The molecule has 0 saturated heterocycles. The quantitative estimate of drug-likeness (QED) is 0.735. The number of rotatable bonds is 3. The zero-order valence-corrected chi connectivity index (χ0v) is 14.1. The molecule has 8 heteroatoms. The summed E-state index contributed by atoms with van der Waals surface area (Å²) in [5, 5.41) is 22.7. The van der Waals surface area contributed by atoms with Crippen LogP contribution in [-0.2, 0) is 16.6 Å². The van der Waals surface area contributed by atoms with Gasteiger partial charge in [-0.2, -0.15) is 5.10 Å². The average Bonchev–Trinajstić information content (AvgIpc) is 3.02. The number of nitrogens with zero attached hydrogens (tertiary/aromatic N) is 2. The van der Waals surface area contributed by atoms with Crippen LogP contribution in [0.25, 0.3) is 16.9 Å². The third kappa shape index (κ3) is 2.42. The van der Waals surface area contributed by atoms with Crippen LogP contribution < -0.4 is 0 Å². The van der Waals surface area contributed by atoms with Gasteiger partial charge in [0, 0.05) is 16.0 Å². The van der Waals surface area contributed by atoms with Crippen molar-refractivity contribution in [3.05, 3.63) is 65.4 Å². The van der Waals surface area contributed by atoms with Crippen molar-refractivity contribution in [1.82, 2.24) is 9.78 Å². The van der Waals surface area contributed by atoms with Gasteiger partial charge in [0.2, 0.25) is 0 Å². The molecule has 0 bridgehead atoms. The number of carboxylic acids is 2. The van der Waals surface area contributed by atoms with Gasteiger partial charge in [-0.05, 0) is 30.3 Å². The van der Waals surface area contributed by atoms with Gasteiger partial charge >= 0.3 is 11.9 Å². The van der Waals surface area contributed by atoms with E-state index in [4.69, 9.17) is 5.11 Å². The number of aromatic carboxylic acids is 2. The topological polar surface area (TPSA) is 109 Å². The molecule has 0 amide bonds. The number of benzene rings is 2. The van der Waals surface area contributed by atoms with Gasteiger partial charge in [-0.15, -0.1) is 0 Å². The standard InChI is InChI=1S/C18H12N2O5S/c21-17(22)10-5-7-11(8-6-10)20-16-12-3-1-2-4-14(12)26(25)9-13(16)15(19-20)18(23)24/h1-8H,9H2,(H,21,22)(H,23,24). The first-order chi connectivity index (χ1) is 12.5. The summed E-state index contributed by atoms with van der Waals surface area (Å²) in [6.45, 7) is 0. The van der Waals surface area contributed by atoms with Crippen molar-refractivity contribution in [1.29, 1.82) is 0 Å². The summed E-state index contributed by atoms with van der Waals surface area (Å²) in [7, 11) is -1.35. The summed E-state index contributed by atoms with van der Waals surface area (Å²) in [5.74, 6) is -2.18. The normalized spacial score (nSPS) is 15.2. The van der Waals surface area contributed by atoms with Crippen molar-refractivity contribution in [3.8, 4) is 16.9 Å². The fraction of sp³-hybridized carbons (Fsp3) is 0.0556. The van der Waals surface area contributed by atoms with E-state index in [0.29, 0.717) is 27.4 Å². The molecule has 3 aromatic rings. The number of fused-ring (bicyclic) bond motifs is 3. The van der Waals surface area contributed by atoms with Crippen LogP contribution in [0.4, 0.5) is 0 Å². The average molecular weight is 368 g/mol. The maximum atomic E-state index is 12.5. The molecule has 0 radical (unpaired) electrons. The summed E-state index contributed by atoms with van der Waals surface area (Å²) < 4.78 is 14.0. The van der Waals surface area contributed by atoms with Crippen LogP contribution in [0.2, 0.25) is 0 Å². The Hall–Kier alpha value is -3.26. The van der Waals surface area contributed by atoms with Gasteiger partial charge in [-0.25, -0.2) is 14.3 Å². The summed E-state index contributed by atoms with van der Waals surface area (Å²) in [6.07, 6.45) is 0. The van der Waals surface area contributed by atoms with Crippen molar-refractivity contribution in [2.24, 2.45) is 0 Å². The number of aromatic nitrogens is 2. The van der Waals surface area contributed by atoms with E-state index in [2.05, 4.69) is 5.10 Å². The summed E-state index contributed by atoms with van der Waals surface area (Å²) in [5.41, 5.74) is 2.15.